The fraction of sp³-hybridized carbons (Fsp3) is 0.174. The summed E-state index contributed by atoms with van der Waals surface area (Å²) in [5, 5.41) is 12.1. The standard InChI is InChI=1S/C23H22N2O4/c1-15-6-3-4-7-18(15)21(14-22(26)27)25-23(28)20-9-5-8-19(24-20)16-10-12-17(29-2)13-11-16/h3-13,21H,14H2,1-2H3,(H,25,28)(H,26,27). The Labute approximate surface area is 169 Å². The molecule has 0 aliphatic carbocycles. The highest BCUT2D eigenvalue weighted by Crippen LogP contribution is 2.23. The minimum Gasteiger partial charge on any atom is -0.497 e. The number of amides is 1. The zero-order valence-corrected chi connectivity index (χ0v) is 16.3. The Bertz CT molecular complexity index is 1020. The maximum Gasteiger partial charge on any atom is 0.305 e. The Morgan fingerprint density at radius 2 is 1.76 bits per heavy atom. The van der Waals surface area contributed by atoms with Gasteiger partial charge in [-0.3, -0.25) is 9.59 Å². The number of benzene rings is 2. The number of carboxylic acid groups (broad SMARTS) is 1. The van der Waals surface area contributed by atoms with Gasteiger partial charge in [0.2, 0.25) is 0 Å². The van der Waals surface area contributed by atoms with Crippen LogP contribution in [0.15, 0.2) is 66.7 Å². The Morgan fingerprint density at radius 3 is 2.41 bits per heavy atom. The van der Waals surface area contributed by atoms with Gasteiger partial charge in [0, 0.05) is 5.56 Å². The first-order valence-corrected chi connectivity index (χ1v) is 9.17. The molecule has 1 heterocycles. The summed E-state index contributed by atoms with van der Waals surface area (Å²) in [7, 11) is 1.60. The van der Waals surface area contributed by atoms with Crippen LogP contribution in [-0.2, 0) is 4.79 Å². The first-order valence-electron chi connectivity index (χ1n) is 9.17. The molecule has 0 spiro atoms. The van der Waals surface area contributed by atoms with Crippen molar-refractivity contribution in [2.75, 3.05) is 7.11 Å². The fourth-order valence-corrected chi connectivity index (χ4v) is 3.11. The lowest BCUT2D eigenvalue weighted by Gasteiger charge is -2.19. The monoisotopic (exact) mass is 390 g/mol. The summed E-state index contributed by atoms with van der Waals surface area (Å²) in [6.07, 6.45) is -0.214. The van der Waals surface area contributed by atoms with Crippen LogP contribution in [0.3, 0.4) is 0 Å². The summed E-state index contributed by atoms with van der Waals surface area (Å²) in [4.78, 5) is 28.6. The Morgan fingerprint density at radius 1 is 1.03 bits per heavy atom. The number of nitrogens with zero attached hydrogens (tertiary/aromatic N) is 1. The average molecular weight is 390 g/mol. The van der Waals surface area contributed by atoms with Crippen molar-refractivity contribution in [3.05, 3.63) is 83.6 Å². The molecule has 3 rings (SSSR count). The van der Waals surface area contributed by atoms with Crippen molar-refractivity contribution in [1.82, 2.24) is 10.3 Å². The van der Waals surface area contributed by atoms with Crippen LogP contribution in [0, 0.1) is 6.92 Å². The smallest absolute Gasteiger partial charge is 0.305 e. The summed E-state index contributed by atoms with van der Waals surface area (Å²) in [5.41, 5.74) is 3.41. The van der Waals surface area contributed by atoms with Crippen LogP contribution >= 0.6 is 0 Å². The molecule has 6 heteroatoms. The minimum atomic E-state index is -0.988. The Kier molecular flexibility index (Phi) is 6.24. The number of methoxy groups -OCH3 is 1. The van der Waals surface area contributed by atoms with Gasteiger partial charge in [-0.2, -0.15) is 0 Å². The number of carbonyl (C=O) groups is 2. The topological polar surface area (TPSA) is 88.5 Å². The normalized spacial score (nSPS) is 11.5. The number of ether oxygens (including phenoxy) is 1. The van der Waals surface area contributed by atoms with Crippen molar-refractivity contribution in [3.8, 4) is 17.0 Å². The van der Waals surface area contributed by atoms with E-state index in [9.17, 15) is 14.7 Å². The van der Waals surface area contributed by atoms with Gasteiger partial charge in [-0.1, -0.05) is 30.3 Å². The number of nitrogens with one attached hydrogen (secondary N) is 1. The lowest BCUT2D eigenvalue weighted by molar-refractivity contribution is -0.137. The summed E-state index contributed by atoms with van der Waals surface area (Å²) in [5.74, 6) is -0.675. The molecular weight excluding hydrogens is 368 g/mol. The number of aryl methyl sites for hydroxylation is 1. The molecule has 0 bridgehead atoms. The van der Waals surface area contributed by atoms with Gasteiger partial charge in [-0.25, -0.2) is 4.98 Å². The molecule has 2 N–H and O–H groups in total. The van der Waals surface area contributed by atoms with Gasteiger partial charge in [0.15, 0.2) is 0 Å². The molecule has 0 saturated carbocycles. The van der Waals surface area contributed by atoms with Crippen molar-refractivity contribution in [2.24, 2.45) is 0 Å². The molecule has 0 radical (unpaired) electrons. The second-order valence-corrected chi connectivity index (χ2v) is 6.62. The number of aromatic nitrogens is 1. The van der Waals surface area contributed by atoms with Crippen molar-refractivity contribution in [2.45, 2.75) is 19.4 Å². The third-order valence-corrected chi connectivity index (χ3v) is 4.62. The average Bonchev–Trinajstić information content (AvgIpc) is 2.73. The van der Waals surface area contributed by atoms with Crippen LogP contribution in [0.2, 0.25) is 0 Å². The van der Waals surface area contributed by atoms with Gasteiger partial charge >= 0.3 is 5.97 Å². The zero-order chi connectivity index (χ0) is 20.8. The van der Waals surface area contributed by atoms with Crippen LogP contribution in [0.1, 0.15) is 34.1 Å². The molecular formula is C23H22N2O4. The van der Waals surface area contributed by atoms with Crippen molar-refractivity contribution < 1.29 is 19.4 Å². The van der Waals surface area contributed by atoms with Gasteiger partial charge in [0.1, 0.15) is 11.4 Å². The van der Waals surface area contributed by atoms with E-state index in [0.717, 1.165) is 22.4 Å². The summed E-state index contributed by atoms with van der Waals surface area (Å²) < 4.78 is 5.16. The van der Waals surface area contributed by atoms with E-state index >= 15 is 0 Å². The largest absolute Gasteiger partial charge is 0.497 e. The van der Waals surface area contributed by atoms with E-state index in [1.165, 1.54) is 0 Å². The summed E-state index contributed by atoms with van der Waals surface area (Å²) >= 11 is 0. The van der Waals surface area contributed by atoms with Crippen LogP contribution in [0.25, 0.3) is 11.3 Å². The third kappa shape index (κ3) is 4.99. The third-order valence-electron chi connectivity index (χ3n) is 4.62. The molecule has 1 amide bonds. The SMILES string of the molecule is COc1ccc(-c2cccc(C(=O)NC(CC(=O)O)c3ccccc3C)n2)cc1. The van der Waals surface area contributed by atoms with Gasteiger partial charge in [-0.15, -0.1) is 0 Å². The molecule has 1 atom stereocenters. The van der Waals surface area contributed by atoms with E-state index < -0.39 is 17.9 Å². The number of hydrogen-bond acceptors (Lipinski definition) is 4. The molecule has 3 aromatic rings. The number of pyridine rings is 1. The Balaban J connectivity index is 1.84. The van der Waals surface area contributed by atoms with Crippen LogP contribution in [-0.4, -0.2) is 29.1 Å². The first kappa shape index (κ1) is 20.1. The van der Waals surface area contributed by atoms with E-state index in [2.05, 4.69) is 10.3 Å². The van der Waals surface area contributed by atoms with Crippen LogP contribution in [0.4, 0.5) is 0 Å². The van der Waals surface area contributed by atoms with E-state index in [-0.39, 0.29) is 12.1 Å². The lowest BCUT2D eigenvalue weighted by atomic mass is 9.98. The molecule has 0 saturated heterocycles. The predicted octanol–water partition coefficient (Wildman–Crippen LogP) is 4.01. The van der Waals surface area contributed by atoms with Crippen molar-refractivity contribution in [1.29, 1.82) is 0 Å². The summed E-state index contributed by atoms with van der Waals surface area (Å²) in [6, 6.07) is 19.3. The Hall–Kier alpha value is -3.67. The maximum absolute atomic E-state index is 12.8. The van der Waals surface area contributed by atoms with Gasteiger partial charge in [-0.05, 0) is 54.4 Å². The number of carboxylic acids is 1. The molecule has 148 valence electrons. The highest BCUT2D eigenvalue weighted by Gasteiger charge is 2.21. The highest BCUT2D eigenvalue weighted by atomic mass is 16.5. The fourth-order valence-electron chi connectivity index (χ4n) is 3.11. The molecule has 6 nitrogen and oxygen atoms in total. The van der Waals surface area contributed by atoms with E-state index in [1.54, 1.807) is 19.2 Å². The van der Waals surface area contributed by atoms with Crippen molar-refractivity contribution >= 4 is 11.9 Å². The van der Waals surface area contributed by atoms with E-state index in [4.69, 9.17) is 4.74 Å². The molecule has 2 aromatic carbocycles. The first-order chi connectivity index (χ1) is 14.0. The predicted molar refractivity (Wildman–Crippen MR) is 110 cm³/mol. The van der Waals surface area contributed by atoms with Gasteiger partial charge < -0.3 is 15.2 Å². The second kappa shape index (κ2) is 9.01. The van der Waals surface area contributed by atoms with E-state index in [0.29, 0.717) is 5.69 Å². The molecule has 0 aliphatic rings. The highest BCUT2D eigenvalue weighted by molar-refractivity contribution is 5.93. The molecule has 1 aromatic heterocycles. The molecule has 0 fully saturated rings. The van der Waals surface area contributed by atoms with Gasteiger partial charge in [0.05, 0.1) is 25.3 Å². The van der Waals surface area contributed by atoms with Crippen LogP contribution < -0.4 is 10.1 Å². The summed E-state index contributed by atoms with van der Waals surface area (Å²) in [6.45, 7) is 1.89. The zero-order valence-electron chi connectivity index (χ0n) is 16.3. The van der Waals surface area contributed by atoms with Crippen molar-refractivity contribution in [3.63, 3.8) is 0 Å². The minimum absolute atomic E-state index is 0.214. The molecule has 29 heavy (non-hydrogen) atoms. The second-order valence-electron chi connectivity index (χ2n) is 6.62. The van der Waals surface area contributed by atoms with Crippen LogP contribution in [0.5, 0.6) is 5.75 Å². The number of rotatable bonds is 7. The quantitative estimate of drug-likeness (QED) is 0.636. The number of hydrogen-bond donors (Lipinski definition) is 2. The lowest BCUT2D eigenvalue weighted by Crippen LogP contribution is -2.31. The molecule has 1 unspecified atom stereocenters. The number of carbonyl (C=O) groups excluding carboxylic acids is 1. The van der Waals surface area contributed by atoms with E-state index in [1.807, 2.05) is 61.5 Å². The number of aliphatic carboxylic acids is 1. The maximum atomic E-state index is 12.8. The van der Waals surface area contributed by atoms with Gasteiger partial charge in [0.25, 0.3) is 5.91 Å². The molecule has 0 aliphatic heterocycles.